The minimum Gasteiger partial charge on any atom is -0.496 e. The normalized spacial score (nSPS) is 10.7. The molecule has 0 saturated carbocycles. The number of ether oxygens (including phenoxy) is 3. The summed E-state index contributed by atoms with van der Waals surface area (Å²) >= 11 is 0. The van der Waals surface area contributed by atoms with Crippen molar-refractivity contribution in [3.63, 3.8) is 0 Å². The number of hydrogen-bond acceptors (Lipinski definition) is 5. The third-order valence-electron chi connectivity index (χ3n) is 2.88. The summed E-state index contributed by atoms with van der Waals surface area (Å²) in [6.45, 7) is 1.21. The number of carbonyl (C=O) groups is 1. The molecule has 2 rings (SSSR count). The van der Waals surface area contributed by atoms with Crippen LogP contribution in [0, 0.1) is 0 Å². The van der Waals surface area contributed by atoms with Gasteiger partial charge in [0.2, 0.25) is 0 Å². The molecule has 2 aromatic rings. The van der Waals surface area contributed by atoms with Gasteiger partial charge in [-0.15, -0.1) is 0 Å². The summed E-state index contributed by atoms with van der Waals surface area (Å²) in [5.74, 6) is 0.0434. The number of fused-ring (bicyclic) bond motifs is 1. The van der Waals surface area contributed by atoms with E-state index in [0.29, 0.717) is 24.5 Å². The molecule has 1 aromatic carbocycles. The number of nitrogens with zero attached hydrogens (tertiary/aromatic N) is 2. The molecule has 0 N–H and O–H groups in total. The SMILES string of the molecule is COCCn1ncc2cc(C(=O)OC)c(OC)cc21. The summed E-state index contributed by atoms with van der Waals surface area (Å²) in [5.41, 5.74) is 1.28. The molecule has 19 heavy (non-hydrogen) atoms. The van der Waals surface area contributed by atoms with Crippen LogP contribution in [0.25, 0.3) is 10.9 Å². The van der Waals surface area contributed by atoms with Crippen LogP contribution in [0.3, 0.4) is 0 Å². The number of benzene rings is 1. The van der Waals surface area contributed by atoms with Crippen molar-refractivity contribution in [2.75, 3.05) is 27.9 Å². The standard InChI is InChI=1S/C13H16N2O4/c1-17-5-4-15-11-7-12(18-2)10(13(16)19-3)6-9(11)8-14-15/h6-8H,4-5H2,1-3H3. The molecule has 0 spiro atoms. The Morgan fingerprint density at radius 2 is 2.11 bits per heavy atom. The summed E-state index contributed by atoms with van der Waals surface area (Å²) in [4.78, 5) is 11.7. The zero-order valence-electron chi connectivity index (χ0n) is 11.2. The van der Waals surface area contributed by atoms with Gasteiger partial charge in [0, 0.05) is 18.6 Å². The number of esters is 1. The third-order valence-corrected chi connectivity index (χ3v) is 2.88. The first-order valence-electron chi connectivity index (χ1n) is 5.82. The van der Waals surface area contributed by atoms with Crippen molar-refractivity contribution in [1.82, 2.24) is 9.78 Å². The molecule has 0 aliphatic rings. The Morgan fingerprint density at radius 3 is 2.74 bits per heavy atom. The molecule has 0 atom stereocenters. The largest absolute Gasteiger partial charge is 0.496 e. The molecule has 0 aliphatic heterocycles. The number of rotatable bonds is 5. The summed E-state index contributed by atoms with van der Waals surface area (Å²) in [7, 11) is 4.50. The lowest BCUT2D eigenvalue weighted by Crippen LogP contribution is -2.07. The summed E-state index contributed by atoms with van der Waals surface area (Å²) in [5, 5.41) is 5.12. The Balaban J connectivity index is 2.49. The van der Waals surface area contributed by atoms with Crippen molar-refractivity contribution < 1.29 is 19.0 Å². The van der Waals surface area contributed by atoms with Crippen molar-refractivity contribution in [3.8, 4) is 5.75 Å². The van der Waals surface area contributed by atoms with Crippen LogP contribution in [0.15, 0.2) is 18.3 Å². The zero-order chi connectivity index (χ0) is 13.8. The van der Waals surface area contributed by atoms with Gasteiger partial charge in [-0.1, -0.05) is 0 Å². The highest BCUT2D eigenvalue weighted by atomic mass is 16.5. The Morgan fingerprint density at radius 1 is 1.32 bits per heavy atom. The van der Waals surface area contributed by atoms with Crippen LogP contribution in [0.1, 0.15) is 10.4 Å². The molecule has 0 unspecified atom stereocenters. The molecule has 0 amide bonds. The lowest BCUT2D eigenvalue weighted by Gasteiger charge is -2.08. The van der Waals surface area contributed by atoms with Crippen molar-refractivity contribution in [1.29, 1.82) is 0 Å². The van der Waals surface area contributed by atoms with E-state index in [2.05, 4.69) is 5.10 Å². The highest BCUT2D eigenvalue weighted by Gasteiger charge is 2.16. The zero-order valence-corrected chi connectivity index (χ0v) is 11.2. The molecule has 102 valence electrons. The van der Waals surface area contributed by atoms with Gasteiger partial charge in [-0.2, -0.15) is 5.10 Å². The molecular weight excluding hydrogens is 248 g/mol. The molecule has 0 saturated heterocycles. The van der Waals surface area contributed by atoms with Crippen LogP contribution in [0.4, 0.5) is 0 Å². The first-order valence-corrected chi connectivity index (χ1v) is 5.82. The summed E-state index contributed by atoms with van der Waals surface area (Å²) < 4.78 is 16.8. The Labute approximate surface area is 110 Å². The summed E-state index contributed by atoms with van der Waals surface area (Å²) in [6.07, 6.45) is 1.71. The molecule has 1 aromatic heterocycles. The van der Waals surface area contributed by atoms with Crippen molar-refractivity contribution >= 4 is 16.9 Å². The van der Waals surface area contributed by atoms with Gasteiger partial charge in [-0.05, 0) is 6.07 Å². The maximum Gasteiger partial charge on any atom is 0.341 e. The molecule has 0 radical (unpaired) electrons. The maximum absolute atomic E-state index is 11.7. The average molecular weight is 264 g/mol. The van der Waals surface area contributed by atoms with Gasteiger partial charge in [0.1, 0.15) is 11.3 Å². The lowest BCUT2D eigenvalue weighted by atomic mass is 10.1. The van der Waals surface area contributed by atoms with Crippen molar-refractivity contribution in [2.45, 2.75) is 6.54 Å². The van der Waals surface area contributed by atoms with E-state index in [-0.39, 0.29) is 0 Å². The molecule has 6 heteroatoms. The highest BCUT2D eigenvalue weighted by molar-refractivity contribution is 5.97. The third kappa shape index (κ3) is 2.53. The predicted molar refractivity (Wildman–Crippen MR) is 69.5 cm³/mol. The predicted octanol–water partition coefficient (Wildman–Crippen LogP) is 1.48. The first kappa shape index (κ1) is 13.4. The minimum atomic E-state index is -0.427. The molecule has 0 fully saturated rings. The van der Waals surface area contributed by atoms with E-state index in [9.17, 15) is 4.79 Å². The number of carbonyl (C=O) groups excluding carboxylic acids is 1. The number of methoxy groups -OCH3 is 3. The van der Waals surface area contributed by atoms with Gasteiger partial charge in [0.25, 0.3) is 0 Å². The van der Waals surface area contributed by atoms with Gasteiger partial charge < -0.3 is 14.2 Å². The van der Waals surface area contributed by atoms with Gasteiger partial charge in [0.15, 0.2) is 0 Å². The van der Waals surface area contributed by atoms with Crippen LogP contribution in [0.2, 0.25) is 0 Å². The number of aromatic nitrogens is 2. The Bertz CT molecular complexity index is 592. The second kappa shape index (κ2) is 5.71. The van der Waals surface area contributed by atoms with Gasteiger partial charge in [0.05, 0.1) is 39.1 Å². The fourth-order valence-corrected chi connectivity index (χ4v) is 1.90. The van der Waals surface area contributed by atoms with Crippen LogP contribution >= 0.6 is 0 Å². The van der Waals surface area contributed by atoms with E-state index >= 15 is 0 Å². The first-order chi connectivity index (χ1) is 9.21. The fraction of sp³-hybridized carbons (Fsp3) is 0.385. The Kier molecular flexibility index (Phi) is 4.01. The topological polar surface area (TPSA) is 62.6 Å². The van der Waals surface area contributed by atoms with Gasteiger partial charge in [-0.3, -0.25) is 4.68 Å². The lowest BCUT2D eigenvalue weighted by molar-refractivity contribution is 0.0597. The molecule has 6 nitrogen and oxygen atoms in total. The van der Waals surface area contributed by atoms with E-state index in [1.54, 1.807) is 25.4 Å². The van der Waals surface area contributed by atoms with Crippen LogP contribution in [0.5, 0.6) is 5.75 Å². The monoisotopic (exact) mass is 264 g/mol. The number of hydrogen-bond donors (Lipinski definition) is 0. The second-order valence-corrected chi connectivity index (χ2v) is 3.96. The fourth-order valence-electron chi connectivity index (χ4n) is 1.90. The van der Waals surface area contributed by atoms with E-state index in [1.807, 2.05) is 4.68 Å². The van der Waals surface area contributed by atoms with E-state index < -0.39 is 5.97 Å². The van der Waals surface area contributed by atoms with E-state index in [0.717, 1.165) is 10.9 Å². The van der Waals surface area contributed by atoms with E-state index in [4.69, 9.17) is 14.2 Å². The smallest absolute Gasteiger partial charge is 0.341 e. The van der Waals surface area contributed by atoms with Gasteiger partial charge >= 0.3 is 5.97 Å². The van der Waals surface area contributed by atoms with Crippen LogP contribution < -0.4 is 4.74 Å². The molecule has 0 bridgehead atoms. The highest BCUT2D eigenvalue weighted by Crippen LogP contribution is 2.26. The molecular formula is C13H16N2O4. The minimum absolute atomic E-state index is 0.392. The maximum atomic E-state index is 11.7. The van der Waals surface area contributed by atoms with Crippen molar-refractivity contribution in [2.24, 2.45) is 0 Å². The van der Waals surface area contributed by atoms with Gasteiger partial charge in [-0.25, -0.2) is 4.79 Å². The quantitative estimate of drug-likeness (QED) is 0.765. The summed E-state index contributed by atoms with van der Waals surface area (Å²) in [6, 6.07) is 3.50. The van der Waals surface area contributed by atoms with Crippen LogP contribution in [-0.2, 0) is 16.0 Å². The Hall–Kier alpha value is -2.08. The van der Waals surface area contributed by atoms with Crippen LogP contribution in [-0.4, -0.2) is 43.7 Å². The van der Waals surface area contributed by atoms with E-state index in [1.165, 1.54) is 14.2 Å². The molecule has 1 heterocycles. The van der Waals surface area contributed by atoms with Crippen molar-refractivity contribution in [3.05, 3.63) is 23.9 Å². The average Bonchev–Trinajstić information content (AvgIpc) is 2.84. The second-order valence-electron chi connectivity index (χ2n) is 3.96. The molecule has 0 aliphatic carbocycles.